The van der Waals surface area contributed by atoms with Gasteiger partial charge in [-0.25, -0.2) is 0 Å². The molecule has 0 fully saturated rings. The third-order valence-corrected chi connectivity index (χ3v) is 4.71. The van der Waals surface area contributed by atoms with Crippen LogP contribution in [0.15, 0.2) is 23.3 Å². The Bertz CT molecular complexity index is 358. The van der Waals surface area contributed by atoms with Gasteiger partial charge in [0.05, 0.1) is 18.1 Å². The van der Waals surface area contributed by atoms with Crippen LogP contribution >= 0.6 is 15.9 Å². The molecular weight excluding hydrogens is 302 g/mol. The molecule has 0 rings (SSSR count). The highest BCUT2D eigenvalue weighted by atomic mass is 79.9. The van der Waals surface area contributed by atoms with Gasteiger partial charge in [0.15, 0.2) is 0 Å². The predicted octanol–water partition coefficient (Wildman–Crippen LogP) is 4.89. The number of alkyl halides is 1. The maximum absolute atomic E-state index is 9.83. The zero-order chi connectivity index (χ0) is 14.9. The van der Waals surface area contributed by atoms with Gasteiger partial charge >= 0.3 is 0 Å². The Morgan fingerprint density at radius 3 is 2.37 bits per heavy atom. The van der Waals surface area contributed by atoms with Crippen LogP contribution in [0.1, 0.15) is 59.8 Å². The molecule has 0 radical (unpaired) electrons. The fourth-order valence-electron chi connectivity index (χ4n) is 1.68. The lowest BCUT2D eigenvalue weighted by atomic mass is 9.98. The van der Waals surface area contributed by atoms with E-state index in [1.807, 2.05) is 19.9 Å². The summed E-state index contributed by atoms with van der Waals surface area (Å²) in [5.74, 6) is 0. The highest BCUT2D eigenvalue weighted by molar-refractivity contribution is 9.09. The van der Waals surface area contributed by atoms with E-state index >= 15 is 0 Å². The Kier molecular flexibility index (Phi) is 9.05. The summed E-state index contributed by atoms with van der Waals surface area (Å²) in [7, 11) is 0. The molecule has 2 nitrogen and oxygen atoms in total. The van der Waals surface area contributed by atoms with E-state index in [2.05, 4.69) is 41.9 Å². The minimum atomic E-state index is -0.670. The normalized spacial score (nSPS) is 15.2. The number of aliphatic hydroxyl groups is 1. The SMILES string of the molecule is C/C(=C\CC#N)CC/C=C(\C)CCC(Br)C(C)(C)O. The summed E-state index contributed by atoms with van der Waals surface area (Å²) in [6.07, 6.45) is 8.73. The van der Waals surface area contributed by atoms with Gasteiger partial charge in [0, 0.05) is 4.83 Å². The third-order valence-electron chi connectivity index (χ3n) is 3.13. The lowest BCUT2D eigenvalue weighted by Gasteiger charge is -2.24. The van der Waals surface area contributed by atoms with E-state index in [9.17, 15) is 5.11 Å². The van der Waals surface area contributed by atoms with Crippen molar-refractivity contribution in [3.05, 3.63) is 23.3 Å². The van der Waals surface area contributed by atoms with Crippen LogP contribution in [0.25, 0.3) is 0 Å². The maximum Gasteiger partial charge on any atom is 0.0716 e. The number of hydrogen-bond donors (Lipinski definition) is 1. The number of nitriles is 1. The van der Waals surface area contributed by atoms with E-state index in [0.717, 1.165) is 25.7 Å². The van der Waals surface area contributed by atoms with Crippen LogP contribution in [-0.2, 0) is 0 Å². The molecule has 0 aromatic heterocycles. The molecule has 0 amide bonds. The van der Waals surface area contributed by atoms with Crippen LogP contribution in [-0.4, -0.2) is 15.5 Å². The topological polar surface area (TPSA) is 44.0 Å². The molecule has 0 aromatic rings. The summed E-state index contributed by atoms with van der Waals surface area (Å²) in [6.45, 7) is 7.87. The molecule has 19 heavy (non-hydrogen) atoms. The minimum Gasteiger partial charge on any atom is -0.389 e. The number of allylic oxidation sites excluding steroid dienone is 4. The Balaban J connectivity index is 4.00. The standard InChI is InChI=1S/C16H26BrNO/c1-13(9-6-12-18)7-5-8-14(2)10-11-15(17)16(3,4)19/h8-9,15,19H,5-7,10-11H2,1-4H3/b13-9+,14-8+. The van der Waals surface area contributed by atoms with Gasteiger partial charge in [0.2, 0.25) is 0 Å². The molecule has 0 bridgehead atoms. The summed E-state index contributed by atoms with van der Waals surface area (Å²) >= 11 is 3.53. The van der Waals surface area contributed by atoms with Gasteiger partial charge in [0.1, 0.15) is 0 Å². The first kappa shape index (κ1) is 18.4. The first-order chi connectivity index (χ1) is 8.77. The summed E-state index contributed by atoms with van der Waals surface area (Å²) in [5, 5.41) is 18.3. The first-order valence-electron chi connectivity index (χ1n) is 6.82. The second-order valence-electron chi connectivity index (χ2n) is 5.66. The predicted molar refractivity (Wildman–Crippen MR) is 85.2 cm³/mol. The van der Waals surface area contributed by atoms with Gasteiger partial charge in [-0.05, 0) is 53.4 Å². The average Bonchev–Trinajstić information content (AvgIpc) is 2.32. The molecule has 1 unspecified atom stereocenters. The molecule has 1 atom stereocenters. The first-order valence-corrected chi connectivity index (χ1v) is 7.73. The maximum atomic E-state index is 9.83. The lowest BCUT2D eigenvalue weighted by molar-refractivity contribution is 0.0774. The van der Waals surface area contributed by atoms with Gasteiger partial charge in [-0.1, -0.05) is 39.2 Å². The molecule has 1 N–H and O–H groups in total. The molecule has 0 saturated heterocycles. The molecule has 0 aliphatic carbocycles. The third kappa shape index (κ3) is 9.92. The number of nitrogens with zero attached hydrogens (tertiary/aromatic N) is 1. The Hall–Kier alpha value is -0.590. The second kappa shape index (κ2) is 9.34. The van der Waals surface area contributed by atoms with E-state index < -0.39 is 5.60 Å². The number of halogens is 1. The highest BCUT2D eigenvalue weighted by Gasteiger charge is 2.23. The van der Waals surface area contributed by atoms with Gasteiger partial charge in [0.25, 0.3) is 0 Å². The van der Waals surface area contributed by atoms with Gasteiger partial charge in [-0.2, -0.15) is 5.26 Å². The van der Waals surface area contributed by atoms with Crippen molar-refractivity contribution in [3.63, 3.8) is 0 Å². The molecule has 108 valence electrons. The van der Waals surface area contributed by atoms with Crippen LogP contribution in [0.5, 0.6) is 0 Å². The van der Waals surface area contributed by atoms with Crippen molar-refractivity contribution in [2.45, 2.75) is 70.2 Å². The van der Waals surface area contributed by atoms with Crippen molar-refractivity contribution in [1.29, 1.82) is 5.26 Å². The zero-order valence-electron chi connectivity index (χ0n) is 12.5. The number of rotatable bonds is 8. The van der Waals surface area contributed by atoms with Gasteiger partial charge < -0.3 is 5.11 Å². The van der Waals surface area contributed by atoms with Crippen LogP contribution in [0.3, 0.4) is 0 Å². The van der Waals surface area contributed by atoms with E-state index in [1.165, 1.54) is 11.1 Å². The zero-order valence-corrected chi connectivity index (χ0v) is 14.1. The van der Waals surface area contributed by atoms with Crippen LogP contribution in [0.2, 0.25) is 0 Å². The quantitative estimate of drug-likeness (QED) is 0.509. The van der Waals surface area contributed by atoms with Crippen LogP contribution < -0.4 is 0 Å². The molecular formula is C16H26BrNO. The summed E-state index contributed by atoms with van der Waals surface area (Å²) < 4.78 is 0. The summed E-state index contributed by atoms with van der Waals surface area (Å²) in [6, 6.07) is 2.12. The lowest BCUT2D eigenvalue weighted by Crippen LogP contribution is -2.31. The molecule has 0 aromatic carbocycles. The molecule has 0 spiro atoms. The van der Waals surface area contributed by atoms with E-state index in [-0.39, 0.29) is 4.83 Å². The van der Waals surface area contributed by atoms with Crippen molar-refractivity contribution < 1.29 is 5.11 Å². The van der Waals surface area contributed by atoms with Gasteiger partial charge in [-0.3, -0.25) is 0 Å². The van der Waals surface area contributed by atoms with E-state index in [1.54, 1.807) is 0 Å². The Labute approximate surface area is 126 Å². The molecule has 0 heterocycles. The van der Waals surface area contributed by atoms with Crippen LogP contribution in [0, 0.1) is 11.3 Å². The fraction of sp³-hybridized carbons (Fsp3) is 0.688. The Morgan fingerprint density at radius 1 is 1.26 bits per heavy atom. The van der Waals surface area contributed by atoms with Crippen LogP contribution in [0.4, 0.5) is 0 Å². The van der Waals surface area contributed by atoms with Crippen molar-refractivity contribution in [2.75, 3.05) is 0 Å². The van der Waals surface area contributed by atoms with Crippen molar-refractivity contribution in [2.24, 2.45) is 0 Å². The van der Waals surface area contributed by atoms with E-state index in [4.69, 9.17) is 5.26 Å². The monoisotopic (exact) mass is 327 g/mol. The molecule has 0 saturated carbocycles. The van der Waals surface area contributed by atoms with Gasteiger partial charge in [-0.15, -0.1) is 0 Å². The molecule has 0 aliphatic heterocycles. The average molecular weight is 328 g/mol. The Morgan fingerprint density at radius 2 is 1.84 bits per heavy atom. The smallest absolute Gasteiger partial charge is 0.0716 e. The van der Waals surface area contributed by atoms with E-state index in [0.29, 0.717) is 6.42 Å². The summed E-state index contributed by atoms with van der Waals surface area (Å²) in [4.78, 5) is 0.126. The second-order valence-corrected chi connectivity index (χ2v) is 6.77. The number of hydrogen-bond acceptors (Lipinski definition) is 2. The molecule has 0 aliphatic rings. The largest absolute Gasteiger partial charge is 0.389 e. The highest BCUT2D eigenvalue weighted by Crippen LogP contribution is 2.24. The van der Waals surface area contributed by atoms with Crippen molar-refractivity contribution in [1.82, 2.24) is 0 Å². The minimum absolute atomic E-state index is 0.126. The fourth-order valence-corrected chi connectivity index (χ4v) is 1.91. The van der Waals surface area contributed by atoms with Crippen molar-refractivity contribution in [3.8, 4) is 6.07 Å². The molecule has 3 heteroatoms. The van der Waals surface area contributed by atoms with Crippen molar-refractivity contribution >= 4 is 15.9 Å². The summed E-state index contributed by atoms with van der Waals surface area (Å²) in [5.41, 5.74) is 1.97.